The molecule has 0 aliphatic rings. The monoisotopic (exact) mass is 257 g/mol. The van der Waals surface area contributed by atoms with E-state index in [1.165, 1.54) is 22.3 Å². The van der Waals surface area contributed by atoms with E-state index in [0.29, 0.717) is 0 Å². The highest BCUT2D eigenvalue weighted by molar-refractivity contribution is 7.61. The Bertz CT molecular complexity index is 561. The molecule has 2 rings (SSSR count). The summed E-state index contributed by atoms with van der Waals surface area (Å²) >= 11 is 0. The third kappa shape index (κ3) is 2.52. The first kappa shape index (κ1) is 13.0. The number of aryl methyl sites for hydroxylation is 4. The molecule has 0 heterocycles. The lowest BCUT2D eigenvalue weighted by molar-refractivity contribution is 0.598. The first-order chi connectivity index (χ1) is 8.49. The van der Waals surface area contributed by atoms with Gasteiger partial charge in [-0.3, -0.25) is 0 Å². The minimum Gasteiger partial charge on any atom is -0.0613 e. The highest BCUT2D eigenvalue weighted by Gasteiger charge is 2.24. The topological polar surface area (TPSA) is 17.1 Å². The van der Waals surface area contributed by atoms with Crippen LogP contribution in [-0.2, 0) is 4.57 Å². The molecular formula is C16H18OP+. The zero-order valence-corrected chi connectivity index (χ0v) is 12.2. The van der Waals surface area contributed by atoms with E-state index in [9.17, 15) is 4.57 Å². The molecular weight excluding hydrogens is 239 g/mol. The van der Waals surface area contributed by atoms with E-state index in [4.69, 9.17) is 0 Å². The Kier molecular flexibility index (Phi) is 3.63. The van der Waals surface area contributed by atoms with Crippen molar-refractivity contribution in [3.8, 4) is 0 Å². The summed E-state index contributed by atoms with van der Waals surface area (Å²) in [7, 11) is -1.48. The zero-order chi connectivity index (χ0) is 13.3. The van der Waals surface area contributed by atoms with Crippen LogP contribution >= 0.6 is 7.80 Å². The van der Waals surface area contributed by atoms with Crippen molar-refractivity contribution in [3.05, 3.63) is 58.7 Å². The van der Waals surface area contributed by atoms with Gasteiger partial charge in [0.15, 0.2) is 10.6 Å². The minimum absolute atomic E-state index is 0.913. The van der Waals surface area contributed by atoms with Gasteiger partial charge in [0.25, 0.3) is 0 Å². The van der Waals surface area contributed by atoms with Crippen LogP contribution in [0, 0.1) is 27.7 Å². The van der Waals surface area contributed by atoms with Crippen molar-refractivity contribution in [2.24, 2.45) is 0 Å². The Hall–Kier alpha value is -1.46. The maximum absolute atomic E-state index is 12.5. The van der Waals surface area contributed by atoms with Crippen LogP contribution in [0.2, 0.25) is 0 Å². The Morgan fingerprint density at radius 2 is 1.06 bits per heavy atom. The average molecular weight is 257 g/mol. The predicted molar refractivity (Wildman–Crippen MR) is 78.7 cm³/mol. The molecule has 92 valence electrons. The molecule has 18 heavy (non-hydrogen) atoms. The lowest BCUT2D eigenvalue weighted by Gasteiger charge is -1.99. The van der Waals surface area contributed by atoms with Crippen LogP contribution in [0.15, 0.2) is 36.4 Å². The fourth-order valence-corrected chi connectivity index (χ4v) is 3.19. The summed E-state index contributed by atoms with van der Waals surface area (Å²) in [5.74, 6) is 0. The number of hydrogen-bond acceptors (Lipinski definition) is 1. The van der Waals surface area contributed by atoms with E-state index >= 15 is 0 Å². The fraction of sp³-hybridized carbons (Fsp3) is 0.250. The molecule has 0 amide bonds. The van der Waals surface area contributed by atoms with Crippen LogP contribution in [0.4, 0.5) is 0 Å². The summed E-state index contributed by atoms with van der Waals surface area (Å²) in [6.45, 7) is 8.26. The van der Waals surface area contributed by atoms with Crippen molar-refractivity contribution in [3.63, 3.8) is 0 Å². The molecule has 0 aliphatic carbocycles. The zero-order valence-electron chi connectivity index (χ0n) is 11.3. The fourth-order valence-electron chi connectivity index (χ4n) is 1.85. The van der Waals surface area contributed by atoms with Crippen molar-refractivity contribution in [2.75, 3.05) is 0 Å². The quantitative estimate of drug-likeness (QED) is 0.750. The first-order valence-corrected chi connectivity index (χ1v) is 7.37. The maximum atomic E-state index is 12.5. The van der Waals surface area contributed by atoms with Crippen molar-refractivity contribution in [1.82, 2.24) is 0 Å². The smallest absolute Gasteiger partial charge is 0.0613 e. The summed E-state index contributed by atoms with van der Waals surface area (Å²) in [6, 6.07) is 12.1. The molecule has 1 nitrogen and oxygen atoms in total. The summed E-state index contributed by atoms with van der Waals surface area (Å²) in [6.07, 6.45) is 0. The number of rotatable bonds is 2. The molecule has 0 bridgehead atoms. The normalized spacial score (nSPS) is 10.4. The van der Waals surface area contributed by atoms with Crippen LogP contribution in [0.1, 0.15) is 22.3 Å². The van der Waals surface area contributed by atoms with Crippen LogP contribution in [-0.4, -0.2) is 0 Å². The third-order valence-electron chi connectivity index (χ3n) is 3.45. The number of benzene rings is 2. The summed E-state index contributed by atoms with van der Waals surface area (Å²) < 4.78 is 12.5. The Labute approximate surface area is 110 Å². The van der Waals surface area contributed by atoms with Crippen molar-refractivity contribution >= 4 is 18.4 Å². The van der Waals surface area contributed by atoms with Gasteiger partial charge in [0.2, 0.25) is 0 Å². The van der Waals surface area contributed by atoms with Crippen molar-refractivity contribution < 1.29 is 4.57 Å². The lowest BCUT2D eigenvalue weighted by atomic mass is 10.1. The second-order valence-electron chi connectivity index (χ2n) is 4.83. The molecule has 0 unspecified atom stereocenters. The van der Waals surface area contributed by atoms with Crippen LogP contribution in [0.25, 0.3) is 0 Å². The summed E-state index contributed by atoms with van der Waals surface area (Å²) in [5.41, 5.74) is 4.86. The largest absolute Gasteiger partial charge is 0.415 e. The number of hydrogen-bond donors (Lipinski definition) is 0. The summed E-state index contributed by atoms with van der Waals surface area (Å²) in [5, 5.41) is 1.83. The molecule has 0 atom stereocenters. The van der Waals surface area contributed by atoms with E-state index < -0.39 is 7.80 Å². The van der Waals surface area contributed by atoms with Crippen LogP contribution < -0.4 is 10.6 Å². The van der Waals surface area contributed by atoms with Crippen LogP contribution in [0.3, 0.4) is 0 Å². The SMILES string of the molecule is Cc1ccc([P+](=O)c2ccc(C)c(C)c2)cc1C. The van der Waals surface area contributed by atoms with Gasteiger partial charge in [0, 0.05) is 0 Å². The average Bonchev–Trinajstić information content (AvgIpc) is 2.35. The molecule has 0 spiro atoms. The second kappa shape index (κ2) is 5.04. The van der Waals surface area contributed by atoms with Gasteiger partial charge in [-0.1, -0.05) is 16.7 Å². The van der Waals surface area contributed by atoms with Gasteiger partial charge in [-0.05, 0) is 74.2 Å². The standard InChI is InChI=1S/C16H18OP/c1-11-5-7-15(9-13(11)3)18(17)16-8-6-12(2)14(4)10-16/h5-10H,1-4H3/q+1. The Balaban J connectivity index is 2.41. The maximum Gasteiger partial charge on any atom is 0.415 e. The van der Waals surface area contributed by atoms with E-state index in [1.807, 2.05) is 36.4 Å². The van der Waals surface area contributed by atoms with Gasteiger partial charge in [-0.2, -0.15) is 0 Å². The third-order valence-corrected chi connectivity index (χ3v) is 4.94. The Morgan fingerprint density at radius 1 is 0.667 bits per heavy atom. The van der Waals surface area contributed by atoms with Gasteiger partial charge in [0.1, 0.15) is 0 Å². The molecule has 0 fully saturated rings. The molecule has 0 radical (unpaired) electrons. The molecule has 0 aromatic heterocycles. The molecule has 2 heteroatoms. The highest BCUT2D eigenvalue weighted by Crippen LogP contribution is 2.22. The predicted octanol–water partition coefficient (Wildman–Crippen LogP) is 3.70. The van der Waals surface area contributed by atoms with E-state index in [1.54, 1.807) is 0 Å². The van der Waals surface area contributed by atoms with Gasteiger partial charge in [-0.15, -0.1) is 0 Å². The molecule has 2 aromatic carbocycles. The Morgan fingerprint density at radius 3 is 1.39 bits per heavy atom. The van der Waals surface area contributed by atoms with Gasteiger partial charge in [-0.25, -0.2) is 0 Å². The minimum atomic E-state index is -1.48. The first-order valence-electron chi connectivity index (χ1n) is 6.11. The van der Waals surface area contributed by atoms with Crippen LogP contribution in [0.5, 0.6) is 0 Å². The highest BCUT2D eigenvalue weighted by atomic mass is 31.1. The van der Waals surface area contributed by atoms with Gasteiger partial charge in [0.05, 0.1) is 0 Å². The second-order valence-corrected chi connectivity index (χ2v) is 6.45. The van der Waals surface area contributed by atoms with Gasteiger partial charge < -0.3 is 0 Å². The van der Waals surface area contributed by atoms with Crippen molar-refractivity contribution in [1.29, 1.82) is 0 Å². The lowest BCUT2D eigenvalue weighted by Crippen LogP contribution is -2.08. The summed E-state index contributed by atoms with van der Waals surface area (Å²) in [4.78, 5) is 0. The van der Waals surface area contributed by atoms with E-state index in [-0.39, 0.29) is 0 Å². The molecule has 0 aliphatic heterocycles. The van der Waals surface area contributed by atoms with Crippen molar-refractivity contribution in [2.45, 2.75) is 27.7 Å². The van der Waals surface area contributed by atoms with E-state index in [0.717, 1.165) is 10.6 Å². The van der Waals surface area contributed by atoms with E-state index in [2.05, 4.69) is 27.7 Å². The molecule has 0 saturated carbocycles. The molecule has 0 N–H and O–H groups in total. The molecule has 2 aromatic rings. The van der Waals surface area contributed by atoms with Gasteiger partial charge >= 0.3 is 7.80 Å². The molecule has 0 saturated heterocycles.